The number of nitrogens with zero attached hydrogens (tertiary/aromatic N) is 4. The molecule has 0 radical (unpaired) electrons. The lowest BCUT2D eigenvalue weighted by Crippen LogP contribution is -2.37. The maximum absolute atomic E-state index is 14.3. The second-order valence-electron chi connectivity index (χ2n) is 12.2. The van der Waals surface area contributed by atoms with Crippen molar-refractivity contribution in [2.24, 2.45) is 0 Å². The van der Waals surface area contributed by atoms with Crippen LogP contribution in [-0.2, 0) is 36.1 Å². The summed E-state index contributed by atoms with van der Waals surface area (Å²) in [5, 5.41) is 0.484. The summed E-state index contributed by atoms with van der Waals surface area (Å²) < 4.78 is 54.5. The number of amides is 1. The van der Waals surface area contributed by atoms with Crippen molar-refractivity contribution in [1.82, 2.24) is 19.4 Å². The highest BCUT2D eigenvalue weighted by atomic mass is 32.2. The van der Waals surface area contributed by atoms with Crippen LogP contribution in [0.25, 0.3) is 11.1 Å². The predicted octanol–water partition coefficient (Wildman–Crippen LogP) is 7.39. The van der Waals surface area contributed by atoms with Gasteiger partial charge in [0.2, 0.25) is 5.91 Å². The molecule has 1 aliphatic rings. The zero-order valence-electron chi connectivity index (χ0n) is 26.7. The van der Waals surface area contributed by atoms with Crippen molar-refractivity contribution in [1.29, 1.82) is 0 Å². The Labute approximate surface area is 276 Å². The van der Waals surface area contributed by atoms with E-state index in [0.717, 1.165) is 53.9 Å². The molecule has 0 bridgehead atoms. The van der Waals surface area contributed by atoms with Crippen LogP contribution in [0.1, 0.15) is 53.3 Å². The Morgan fingerprint density at radius 3 is 2.15 bits per heavy atom. The van der Waals surface area contributed by atoms with Crippen molar-refractivity contribution in [3.63, 3.8) is 0 Å². The minimum atomic E-state index is -4.39. The van der Waals surface area contributed by atoms with E-state index in [1.54, 1.807) is 24.1 Å². The number of likely N-dealkylation sites (N-methyl/N-ethyl adjacent to an activating group) is 1. The Hall–Kier alpha value is -3.96. The van der Waals surface area contributed by atoms with Gasteiger partial charge in [0, 0.05) is 30.6 Å². The highest BCUT2D eigenvalue weighted by Crippen LogP contribution is 2.33. The maximum atomic E-state index is 14.3. The molecule has 0 aliphatic heterocycles. The molecule has 0 spiro atoms. The topological polar surface area (TPSA) is 58.4 Å². The molecule has 3 aromatic carbocycles. The van der Waals surface area contributed by atoms with E-state index in [9.17, 15) is 27.2 Å². The SMILES string of the molecule is CN(C)CCCC(C(=O)N(C)Cc1ccc(-c2ccc(C(F)(F)F)cc2)cc1)n1c(SCc2ccc(F)cc2)nc(=O)c2c1CCC2. The molecule has 0 fully saturated rings. The predicted molar refractivity (Wildman–Crippen MR) is 177 cm³/mol. The van der Waals surface area contributed by atoms with Crippen molar-refractivity contribution in [2.75, 3.05) is 27.7 Å². The third-order valence-electron chi connectivity index (χ3n) is 8.40. The van der Waals surface area contributed by atoms with Crippen LogP contribution in [0.3, 0.4) is 0 Å². The van der Waals surface area contributed by atoms with Gasteiger partial charge in [0.05, 0.1) is 5.56 Å². The number of carbonyl (C=O) groups excluding carboxylic acids is 1. The average molecular weight is 667 g/mol. The zero-order chi connectivity index (χ0) is 33.7. The Morgan fingerprint density at radius 1 is 0.915 bits per heavy atom. The molecule has 1 amide bonds. The van der Waals surface area contributed by atoms with Crippen LogP contribution in [0.5, 0.6) is 0 Å². The van der Waals surface area contributed by atoms with E-state index in [4.69, 9.17) is 0 Å². The molecular formula is C36H38F4N4O2S. The lowest BCUT2D eigenvalue weighted by Gasteiger charge is -2.30. The molecule has 4 aromatic rings. The molecule has 1 aromatic heterocycles. The van der Waals surface area contributed by atoms with Crippen LogP contribution in [-0.4, -0.2) is 52.9 Å². The second kappa shape index (κ2) is 14.9. The Bertz CT molecular complexity index is 1740. The fraction of sp³-hybridized carbons (Fsp3) is 0.361. The van der Waals surface area contributed by atoms with E-state index in [1.807, 2.05) is 42.9 Å². The monoisotopic (exact) mass is 666 g/mol. The van der Waals surface area contributed by atoms with Gasteiger partial charge in [-0.2, -0.15) is 18.2 Å². The lowest BCUT2D eigenvalue weighted by atomic mass is 10.0. The third-order valence-corrected chi connectivity index (χ3v) is 9.42. The minimum absolute atomic E-state index is 0.0984. The Balaban J connectivity index is 1.40. The van der Waals surface area contributed by atoms with Crippen LogP contribution < -0.4 is 5.56 Å². The van der Waals surface area contributed by atoms with E-state index in [-0.39, 0.29) is 17.3 Å². The molecule has 0 saturated heterocycles. The molecule has 47 heavy (non-hydrogen) atoms. The maximum Gasteiger partial charge on any atom is 0.416 e. The van der Waals surface area contributed by atoms with Crippen molar-refractivity contribution in [3.05, 3.63) is 117 Å². The molecule has 11 heteroatoms. The van der Waals surface area contributed by atoms with Gasteiger partial charge in [-0.25, -0.2) is 4.39 Å². The third kappa shape index (κ3) is 8.50. The summed E-state index contributed by atoms with van der Waals surface area (Å²) in [6.45, 7) is 1.11. The summed E-state index contributed by atoms with van der Waals surface area (Å²) in [7, 11) is 5.73. The molecule has 0 saturated carbocycles. The summed E-state index contributed by atoms with van der Waals surface area (Å²) in [6, 6.07) is 18.1. The number of thioether (sulfide) groups is 1. The van der Waals surface area contributed by atoms with Crippen LogP contribution >= 0.6 is 11.8 Å². The molecular weight excluding hydrogens is 628 g/mol. The minimum Gasteiger partial charge on any atom is -0.340 e. The van der Waals surface area contributed by atoms with Gasteiger partial charge in [0.25, 0.3) is 5.56 Å². The van der Waals surface area contributed by atoms with Gasteiger partial charge in [0.15, 0.2) is 5.16 Å². The van der Waals surface area contributed by atoms with E-state index in [1.165, 1.54) is 36.0 Å². The average Bonchev–Trinajstić information content (AvgIpc) is 3.54. The van der Waals surface area contributed by atoms with Gasteiger partial charge in [0.1, 0.15) is 11.9 Å². The first-order valence-corrected chi connectivity index (χ1v) is 16.6. The molecule has 1 aliphatic carbocycles. The van der Waals surface area contributed by atoms with E-state index in [2.05, 4.69) is 9.88 Å². The van der Waals surface area contributed by atoms with Crippen LogP contribution in [0.2, 0.25) is 0 Å². The number of halogens is 4. The van der Waals surface area contributed by atoms with Crippen molar-refractivity contribution >= 4 is 17.7 Å². The van der Waals surface area contributed by atoms with Gasteiger partial charge in [-0.3, -0.25) is 9.59 Å². The number of rotatable bonds is 12. The van der Waals surface area contributed by atoms with E-state index >= 15 is 0 Å². The highest BCUT2D eigenvalue weighted by molar-refractivity contribution is 7.98. The lowest BCUT2D eigenvalue weighted by molar-refractivity contribution is -0.137. The quantitative estimate of drug-likeness (QED) is 0.0897. The number of alkyl halides is 3. The molecule has 0 N–H and O–H groups in total. The van der Waals surface area contributed by atoms with Gasteiger partial charge in [-0.05, 0) is 99.3 Å². The fourth-order valence-corrected chi connectivity index (χ4v) is 6.94. The normalized spacial score (nSPS) is 13.5. The van der Waals surface area contributed by atoms with Crippen molar-refractivity contribution in [2.45, 2.75) is 61.8 Å². The van der Waals surface area contributed by atoms with E-state index < -0.39 is 17.8 Å². The molecule has 5 rings (SSSR count). The molecule has 6 nitrogen and oxygen atoms in total. The Morgan fingerprint density at radius 2 is 1.53 bits per heavy atom. The van der Waals surface area contributed by atoms with Crippen LogP contribution in [0, 0.1) is 5.82 Å². The van der Waals surface area contributed by atoms with E-state index in [0.29, 0.717) is 47.8 Å². The summed E-state index contributed by atoms with van der Waals surface area (Å²) in [4.78, 5) is 35.6. The number of hydrogen-bond acceptors (Lipinski definition) is 5. The first-order chi connectivity index (χ1) is 22.4. The number of aromatic nitrogens is 2. The highest BCUT2D eigenvalue weighted by Gasteiger charge is 2.32. The zero-order valence-corrected chi connectivity index (χ0v) is 27.5. The second-order valence-corrected chi connectivity index (χ2v) is 13.1. The van der Waals surface area contributed by atoms with Gasteiger partial charge >= 0.3 is 6.18 Å². The first kappa shape index (κ1) is 34.4. The molecule has 248 valence electrons. The van der Waals surface area contributed by atoms with Gasteiger partial charge in [-0.1, -0.05) is 60.3 Å². The molecule has 1 heterocycles. The molecule has 1 atom stereocenters. The van der Waals surface area contributed by atoms with Crippen LogP contribution in [0.4, 0.5) is 17.6 Å². The van der Waals surface area contributed by atoms with Crippen molar-refractivity contribution in [3.8, 4) is 11.1 Å². The number of hydrogen-bond donors (Lipinski definition) is 0. The smallest absolute Gasteiger partial charge is 0.340 e. The van der Waals surface area contributed by atoms with Gasteiger partial charge in [-0.15, -0.1) is 0 Å². The summed E-state index contributed by atoms with van der Waals surface area (Å²) in [6.07, 6.45) is -0.958. The number of fused-ring (bicyclic) bond motifs is 1. The summed E-state index contributed by atoms with van der Waals surface area (Å²) >= 11 is 1.37. The van der Waals surface area contributed by atoms with Crippen molar-refractivity contribution < 1.29 is 22.4 Å². The molecule has 1 unspecified atom stereocenters. The largest absolute Gasteiger partial charge is 0.416 e. The fourth-order valence-electron chi connectivity index (χ4n) is 5.92. The standard InChI is InChI=1S/C36H38F4N4O2S/c1-42(2)21-5-8-32(44-31-7-4-6-30(31)33(45)41-35(44)47-23-25-11-19-29(37)20-12-25)34(46)43(3)22-24-9-13-26(14-10-24)27-15-17-28(18-16-27)36(38,39)40/h9-20,32H,4-8,21-23H2,1-3H3. The number of carbonyl (C=O) groups is 1. The summed E-state index contributed by atoms with van der Waals surface area (Å²) in [5.74, 6) is 0.0412. The van der Waals surface area contributed by atoms with Gasteiger partial charge < -0.3 is 14.4 Å². The first-order valence-electron chi connectivity index (χ1n) is 15.6. The number of benzene rings is 3. The Kier molecular flexibility index (Phi) is 10.9. The van der Waals surface area contributed by atoms with Crippen LogP contribution in [0.15, 0.2) is 82.7 Å². The summed E-state index contributed by atoms with van der Waals surface area (Å²) in [5.41, 5.74) is 3.78.